The number of thiazole rings is 1. The Morgan fingerprint density at radius 1 is 1.21 bits per heavy atom. The first-order valence-electron chi connectivity index (χ1n) is 9.19. The van der Waals surface area contributed by atoms with Gasteiger partial charge in [0.2, 0.25) is 5.91 Å². The van der Waals surface area contributed by atoms with Crippen molar-refractivity contribution in [3.05, 3.63) is 45.4 Å². The van der Waals surface area contributed by atoms with Crippen LogP contribution in [0.15, 0.2) is 35.5 Å². The summed E-state index contributed by atoms with van der Waals surface area (Å²) in [6.07, 6.45) is 1.85. The highest BCUT2D eigenvalue weighted by molar-refractivity contribution is 14.0. The van der Waals surface area contributed by atoms with Crippen molar-refractivity contribution in [2.45, 2.75) is 13.5 Å². The third-order valence-corrected chi connectivity index (χ3v) is 5.70. The van der Waals surface area contributed by atoms with E-state index in [0.29, 0.717) is 25.6 Å². The van der Waals surface area contributed by atoms with E-state index in [1.807, 2.05) is 42.3 Å². The first-order chi connectivity index (χ1) is 13.5. The summed E-state index contributed by atoms with van der Waals surface area (Å²) in [5.41, 5.74) is 1.14. The number of benzene rings is 1. The molecule has 0 radical (unpaired) electrons. The van der Waals surface area contributed by atoms with Crippen LogP contribution in [0.1, 0.15) is 9.88 Å². The van der Waals surface area contributed by atoms with Crippen LogP contribution in [-0.4, -0.2) is 61.5 Å². The molecule has 1 aromatic carbocycles. The Morgan fingerprint density at radius 2 is 1.90 bits per heavy atom. The molecule has 1 aliphatic rings. The van der Waals surface area contributed by atoms with E-state index < -0.39 is 0 Å². The zero-order valence-electron chi connectivity index (χ0n) is 16.5. The van der Waals surface area contributed by atoms with Gasteiger partial charge in [0.15, 0.2) is 5.96 Å². The molecule has 0 saturated carbocycles. The Balaban J connectivity index is 0.00000300. The third-order valence-electron chi connectivity index (χ3n) is 4.53. The largest absolute Gasteiger partial charge is 0.368 e. The minimum atomic E-state index is 0. The van der Waals surface area contributed by atoms with Crippen molar-refractivity contribution in [2.24, 2.45) is 4.99 Å². The number of nitrogens with zero attached hydrogens (tertiary/aromatic N) is 4. The van der Waals surface area contributed by atoms with Crippen LogP contribution in [-0.2, 0) is 11.3 Å². The van der Waals surface area contributed by atoms with Crippen LogP contribution in [0.5, 0.6) is 0 Å². The number of halogens is 2. The summed E-state index contributed by atoms with van der Waals surface area (Å²) in [5, 5.41) is 8.00. The molecule has 0 spiro atoms. The maximum Gasteiger partial charge on any atom is 0.242 e. The molecule has 2 aromatic rings. The van der Waals surface area contributed by atoms with Gasteiger partial charge in [-0.3, -0.25) is 9.79 Å². The molecular weight excluding hydrogens is 523 g/mol. The summed E-state index contributed by atoms with van der Waals surface area (Å²) in [4.78, 5) is 26.3. The van der Waals surface area contributed by atoms with E-state index in [-0.39, 0.29) is 36.4 Å². The molecule has 0 aliphatic carbocycles. The van der Waals surface area contributed by atoms with Crippen LogP contribution >= 0.6 is 46.9 Å². The van der Waals surface area contributed by atoms with Crippen LogP contribution in [0, 0.1) is 6.92 Å². The first-order valence-corrected chi connectivity index (χ1v) is 10.4. The predicted octanol–water partition coefficient (Wildman–Crippen LogP) is 2.74. The normalized spacial score (nSPS) is 14.4. The average molecular weight is 549 g/mol. The Bertz CT molecular complexity index is 820. The van der Waals surface area contributed by atoms with Gasteiger partial charge in [-0.2, -0.15) is 0 Å². The number of guanidine groups is 1. The Labute approximate surface area is 197 Å². The smallest absolute Gasteiger partial charge is 0.242 e. The molecule has 29 heavy (non-hydrogen) atoms. The number of hydrogen-bond donors (Lipinski definition) is 2. The number of amides is 1. The molecule has 0 unspecified atom stereocenters. The lowest BCUT2D eigenvalue weighted by molar-refractivity contribution is -0.130. The van der Waals surface area contributed by atoms with Gasteiger partial charge in [-0.05, 0) is 31.2 Å². The molecule has 1 aliphatic heterocycles. The maximum atomic E-state index is 12.5. The Hall–Kier alpha value is -1.59. The van der Waals surface area contributed by atoms with Gasteiger partial charge in [0.1, 0.15) is 5.01 Å². The molecule has 1 amide bonds. The summed E-state index contributed by atoms with van der Waals surface area (Å²) >= 11 is 7.59. The van der Waals surface area contributed by atoms with Crippen molar-refractivity contribution >= 4 is 64.5 Å². The highest BCUT2D eigenvalue weighted by Gasteiger charge is 2.21. The molecule has 0 atom stereocenters. The van der Waals surface area contributed by atoms with Gasteiger partial charge >= 0.3 is 0 Å². The number of rotatable bonds is 5. The van der Waals surface area contributed by atoms with Crippen LogP contribution in [0.25, 0.3) is 0 Å². The number of aliphatic imine (C=N–C) groups is 1. The summed E-state index contributed by atoms with van der Waals surface area (Å²) in [6, 6.07) is 7.82. The quantitative estimate of drug-likeness (QED) is 0.342. The topological polar surface area (TPSA) is 72.9 Å². The summed E-state index contributed by atoms with van der Waals surface area (Å²) in [5.74, 6) is 0.671. The number of hydrogen-bond acceptors (Lipinski definition) is 5. The van der Waals surface area contributed by atoms with Crippen LogP contribution in [0.4, 0.5) is 5.69 Å². The molecule has 0 bridgehead atoms. The maximum absolute atomic E-state index is 12.5. The molecule has 3 rings (SSSR count). The van der Waals surface area contributed by atoms with E-state index >= 15 is 0 Å². The predicted molar refractivity (Wildman–Crippen MR) is 131 cm³/mol. The van der Waals surface area contributed by atoms with Gasteiger partial charge in [-0.15, -0.1) is 35.3 Å². The van der Waals surface area contributed by atoms with Gasteiger partial charge in [0, 0.05) is 55.0 Å². The summed E-state index contributed by atoms with van der Waals surface area (Å²) in [7, 11) is 1.69. The molecule has 10 heteroatoms. The number of aryl methyl sites for hydroxylation is 1. The number of anilines is 1. The molecule has 1 aromatic heterocycles. The van der Waals surface area contributed by atoms with Crippen molar-refractivity contribution in [3.63, 3.8) is 0 Å². The standard InChI is InChI=1S/C19H25ClN6OS.HI/c1-14-11-22-17(28-14)12-23-19(21-2)24-13-18(27)26-9-7-25(8-10-26)16-5-3-15(20)4-6-16;/h3-6,11H,7-10,12-13H2,1-2H3,(H2,21,23,24);1H. The lowest BCUT2D eigenvalue weighted by Crippen LogP contribution is -2.52. The molecule has 1 saturated heterocycles. The minimum Gasteiger partial charge on any atom is -0.368 e. The minimum absolute atomic E-state index is 0. The van der Waals surface area contributed by atoms with E-state index in [1.54, 1.807) is 18.4 Å². The second kappa shape index (κ2) is 11.6. The fourth-order valence-corrected chi connectivity index (χ4v) is 3.85. The van der Waals surface area contributed by atoms with Gasteiger partial charge < -0.3 is 20.4 Å². The fraction of sp³-hybridized carbons (Fsp3) is 0.421. The van der Waals surface area contributed by atoms with E-state index in [0.717, 1.165) is 28.8 Å². The van der Waals surface area contributed by atoms with E-state index in [9.17, 15) is 4.79 Å². The van der Waals surface area contributed by atoms with Gasteiger partial charge in [0.25, 0.3) is 0 Å². The number of carbonyl (C=O) groups excluding carboxylic acids is 1. The number of nitrogens with one attached hydrogen (secondary N) is 2. The zero-order chi connectivity index (χ0) is 19.9. The summed E-state index contributed by atoms with van der Waals surface area (Å²) in [6.45, 7) is 5.86. The molecule has 158 valence electrons. The molecule has 2 heterocycles. The number of piperazine rings is 1. The molecular formula is C19H26ClIN6OS. The average Bonchev–Trinajstić information content (AvgIpc) is 3.14. The van der Waals surface area contributed by atoms with Crippen molar-refractivity contribution in [2.75, 3.05) is 44.7 Å². The lowest BCUT2D eigenvalue weighted by atomic mass is 10.2. The third kappa shape index (κ3) is 7.00. The number of carbonyl (C=O) groups is 1. The SMILES string of the molecule is CN=C(NCC(=O)N1CCN(c2ccc(Cl)cc2)CC1)NCc1ncc(C)s1.I. The molecule has 2 N–H and O–H groups in total. The molecule has 7 nitrogen and oxygen atoms in total. The fourth-order valence-electron chi connectivity index (χ4n) is 3.00. The monoisotopic (exact) mass is 548 g/mol. The Morgan fingerprint density at radius 3 is 2.48 bits per heavy atom. The summed E-state index contributed by atoms with van der Waals surface area (Å²) < 4.78 is 0. The second-order valence-corrected chi connectivity index (χ2v) is 8.24. The Kier molecular flexibility index (Phi) is 9.44. The van der Waals surface area contributed by atoms with Gasteiger partial charge in [0.05, 0.1) is 13.1 Å². The number of aromatic nitrogens is 1. The second-order valence-electron chi connectivity index (χ2n) is 6.49. The van der Waals surface area contributed by atoms with Crippen LogP contribution < -0.4 is 15.5 Å². The van der Waals surface area contributed by atoms with E-state index in [4.69, 9.17) is 11.6 Å². The van der Waals surface area contributed by atoms with Crippen LogP contribution in [0.2, 0.25) is 5.02 Å². The van der Waals surface area contributed by atoms with Crippen molar-refractivity contribution in [3.8, 4) is 0 Å². The van der Waals surface area contributed by atoms with Crippen molar-refractivity contribution < 1.29 is 4.79 Å². The van der Waals surface area contributed by atoms with Crippen LogP contribution in [0.3, 0.4) is 0 Å². The highest BCUT2D eigenvalue weighted by Crippen LogP contribution is 2.19. The van der Waals surface area contributed by atoms with E-state index in [1.165, 1.54) is 4.88 Å². The zero-order valence-corrected chi connectivity index (χ0v) is 20.4. The lowest BCUT2D eigenvalue weighted by Gasteiger charge is -2.36. The highest BCUT2D eigenvalue weighted by atomic mass is 127. The van der Waals surface area contributed by atoms with Crippen molar-refractivity contribution in [1.82, 2.24) is 20.5 Å². The molecule has 1 fully saturated rings. The van der Waals surface area contributed by atoms with Gasteiger partial charge in [-0.25, -0.2) is 4.98 Å². The van der Waals surface area contributed by atoms with Gasteiger partial charge in [-0.1, -0.05) is 11.6 Å². The first kappa shape index (κ1) is 23.7. The van der Waals surface area contributed by atoms with E-state index in [2.05, 4.69) is 25.5 Å². The van der Waals surface area contributed by atoms with Crippen molar-refractivity contribution in [1.29, 1.82) is 0 Å².